The van der Waals surface area contributed by atoms with Gasteiger partial charge < -0.3 is 4.90 Å². The van der Waals surface area contributed by atoms with Crippen molar-refractivity contribution in [1.82, 2.24) is 0 Å². The fraction of sp³-hybridized carbons (Fsp3) is 0.538. The fourth-order valence-electron chi connectivity index (χ4n) is 2.13. The summed E-state index contributed by atoms with van der Waals surface area (Å²) >= 11 is 3.20. The molecule has 0 radical (unpaired) electrons. The van der Waals surface area contributed by atoms with Crippen LogP contribution in [0.2, 0.25) is 0 Å². The predicted molar refractivity (Wildman–Crippen MR) is 69.6 cm³/mol. The highest BCUT2D eigenvalue weighted by Crippen LogP contribution is 2.37. The fourth-order valence-corrected chi connectivity index (χ4v) is 2.45. The van der Waals surface area contributed by atoms with Gasteiger partial charge in [0.2, 0.25) is 0 Å². The van der Waals surface area contributed by atoms with E-state index in [1.54, 1.807) is 11.9 Å². The number of alkyl halides is 1. The van der Waals surface area contributed by atoms with E-state index < -0.39 is 11.6 Å². The first-order valence-corrected chi connectivity index (χ1v) is 6.93. The van der Waals surface area contributed by atoms with Crippen LogP contribution in [0.4, 0.5) is 14.5 Å². The summed E-state index contributed by atoms with van der Waals surface area (Å²) in [6.45, 7) is 2.02. The van der Waals surface area contributed by atoms with E-state index in [0.717, 1.165) is 12.8 Å². The molecule has 94 valence electrons. The average Bonchev–Trinajstić information content (AvgIpc) is 3.10. The van der Waals surface area contributed by atoms with Gasteiger partial charge in [0.25, 0.3) is 0 Å². The smallest absolute Gasteiger partial charge is 0.149 e. The van der Waals surface area contributed by atoms with E-state index in [1.807, 2.05) is 6.92 Å². The lowest BCUT2D eigenvalue weighted by molar-refractivity contribution is 0.541. The van der Waals surface area contributed by atoms with Crippen LogP contribution in [0.5, 0.6) is 0 Å². The highest BCUT2D eigenvalue weighted by Gasteiger charge is 2.32. The van der Waals surface area contributed by atoms with Gasteiger partial charge in [-0.3, -0.25) is 0 Å². The Bertz CT molecular complexity index is 395. The molecular formula is C13H16BrF2N. The molecule has 0 bridgehead atoms. The van der Waals surface area contributed by atoms with Crippen LogP contribution < -0.4 is 4.90 Å². The van der Waals surface area contributed by atoms with Crippen molar-refractivity contribution in [3.05, 3.63) is 29.3 Å². The molecule has 0 amide bonds. The van der Waals surface area contributed by atoms with E-state index in [1.165, 1.54) is 12.1 Å². The molecule has 0 N–H and O–H groups in total. The molecule has 0 aromatic heterocycles. The molecule has 2 rings (SSSR count). The maximum absolute atomic E-state index is 13.9. The SMILES string of the molecule is CC(C1CC1)N(C)c1c(F)cc(CBr)cc1F. The van der Waals surface area contributed by atoms with Gasteiger partial charge in [-0.25, -0.2) is 8.78 Å². The van der Waals surface area contributed by atoms with Gasteiger partial charge in [-0.05, 0) is 43.4 Å². The Morgan fingerprint density at radius 3 is 2.29 bits per heavy atom. The largest absolute Gasteiger partial charge is 0.367 e. The molecule has 4 heteroatoms. The van der Waals surface area contributed by atoms with Gasteiger partial charge in [-0.1, -0.05) is 15.9 Å². The molecule has 1 atom stereocenters. The standard InChI is InChI=1S/C13H16BrF2N/c1-8(10-3-4-10)17(2)13-11(15)5-9(7-14)6-12(13)16/h5-6,8,10H,3-4,7H2,1-2H3. The Hall–Kier alpha value is -0.640. The number of hydrogen-bond acceptors (Lipinski definition) is 1. The van der Waals surface area contributed by atoms with Gasteiger partial charge in [0.05, 0.1) is 0 Å². The van der Waals surface area contributed by atoms with E-state index in [4.69, 9.17) is 0 Å². The highest BCUT2D eigenvalue weighted by atomic mass is 79.9. The Morgan fingerprint density at radius 1 is 1.35 bits per heavy atom. The molecule has 1 aliphatic rings. The molecule has 0 heterocycles. The molecule has 1 fully saturated rings. The first kappa shape index (κ1) is 12.8. The zero-order valence-electron chi connectivity index (χ0n) is 10.0. The number of anilines is 1. The first-order valence-electron chi connectivity index (χ1n) is 5.81. The molecule has 0 spiro atoms. The Kier molecular flexibility index (Phi) is 3.71. The molecule has 17 heavy (non-hydrogen) atoms. The lowest BCUT2D eigenvalue weighted by Crippen LogP contribution is -2.32. The second-order valence-corrected chi connectivity index (χ2v) is 5.29. The van der Waals surface area contributed by atoms with Crippen molar-refractivity contribution in [2.75, 3.05) is 11.9 Å². The van der Waals surface area contributed by atoms with Crippen molar-refractivity contribution in [3.8, 4) is 0 Å². The van der Waals surface area contributed by atoms with Gasteiger partial charge in [0, 0.05) is 18.4 Å². The minimum Gasteiger partial charge on any atom is -0.367 e. The van der Waals surface area contributed by atoms with Crippen LogP contribution in [0, 0.1) is 17.6 Å². The number of hydrogen-bond donors (Lipinski definition) is 0. The molecule has 1 nitrogen and oxygen atoms in total. The summed E-state index contributed by atoms with van der Waals surface area (Å²) in [6, 6.07) is 2.97. The zero-order chi connectivity index (χ0) is 12.6. The Balaban J connectivity index is 2.30. The summed E-state index contributed by atoms with van der Waals surface area (Å²) in [5, 5.41) is 0.461. The molecular weight excluding hydrogens is 288 g/mol. The van der Waals surface area contributed by atoms with Gasteiger partial charge in [0.15, 0.2) is 0 Å². The summed E-state index contributed by atoms with van der Waals surface area (Å²) < 4.78 is 27.8. The highest BCUT2D eigenvalue weighted by molar-refractivity contribution is 9.08. The molecule has 0 aliphatic heterocycles. The first-order chi connectivity index (χ1) is 8.04. The minimum absolute atomic E-state index is 0.0918. The molecule has 1 unspecified atom stereocenters. The van der Waals surface area contributed by atoms with Gasteiger partial charge >= 0.3 is 0 Å². The van der Waals surface area contributed by atoms with E-state index in [0.29, 0.717) is 16.8 Å². The molecule has 1 saturated carbocycles. The summed E-state index contributed by atoms with van der Waals surface area (Å²) in [6.07, 6.45) is 2.32. The van der Waals surface area contributed by atoms with E-state index >= 15 is 0 Å². The normalized spacial score (nSPS) is 17.0. The third kappa shape index (κ3) is 2.62. The van der Waals surface area contributed by atoms with Crippen LogP contribution in [0.25, 0.3) is 0 Å². The molecule has 1 aromatic carbocycles. The van der Waals surface area contributed by atoms with Crippen molar-refractivity contribution in [1.29, 1.82) is 0 Å². The second-order valence-electron chi connectivity index (χ2n) is 4.73. The summed E-state index contributed by atoms with van der Waals surface area (Å²) in [5.74, 6) is -0.376. The van der Waals surface area contributed by atoms with Crippen molar-refractivity contribution in [2.24, 2.45) is 5.92 Å². The van der Waals surface area contributed by atoms with Crippen molar-refractivity contribution < 1.29 is 8.78 Å². The van der Waals surface area contributed by atoms with Crippen LogP contribution in [0.1, 0.15) is 25.3 Å². The van der Waals surface area contributed by atoms with Gasteiger partial charge in [-0.15, -0.1) is 0 Å². The third-order valence-electron chi connectivity index (χ3n) is 3.50. The number of halogens is 3. The molecule has 0 saturated heterocycles. The monoisotopic (exact) mass is 303 g/mol. The van der Waals surface area contributed by atoms with Crippen LogP contribution in [-0.4, -0.2) is 13.1 Å². The predicted octanol–water partition coefficient (Wildman–Crippen LogP) is 4.09. The Labute approximate surface area is 109 Å². The lowest BCUT2D eigenvalue weighted by Gasteiger charge is -2.28. The summed E-state index contributed by atoms with van der Waals surface area (Å²) in [5.41, 5.74) is 0.713. The average molecular weight is 304 g/mol. The van der Waals surface area contributed by atoms with Crippen LogP contribution in [0.3, 0.4) is 0 Å². The summed E-state index contributed by atoms with van der Waals surface area (Å²) in [7, 11) is 1.76. The zero-order valence-corrected chi connectivity index (χ0v) is 11.6. The quantitative estimate of drug-likeness (QED) is 0.757. The topological polar surface area (TPSA) is 3.24 Å². The maximum atomic E-state index is 13.9. The summed E-state index contributed by atoms with van der Waals surface area (Å²) in [4.78, 5) is 1.72. The second kappa shape index (κ2) is 4.92. The van der Waals surface area contributed by atoms with Crippen LogP contribution in [0.15, 0.2) is 12.1 Å². The molecule has 1 aliphatic carbocycles. The maximum Gasteiger partial charge on any atom is 0.149 e. The Morgan fingerprint density at radius 2 is 1.88 bits per heavy atom. The van der Waals surface area contributed by atoms with Crippen molar-refractivity contribution in [3.63, 3.8) is 0 Å². The molecule has 1 aromatic rings. The van der Waals surface area contributed by atoms with Gasteiger partial charge in [-0.2, -0.15) is 0 Å². The van der Waals surface area contributed by atoms with Crippen LogP contribution in [-0.2, 0) is 5.33 Å². The van der Waals surface area contributed by atoms with Crippen molar-refractivity contribution in [2.45, 2.75) is 31.1 Å². The number of nitrogens with zero attached hydrogens (tertiary/aromatic N) is 1. The van der Waals surface area contributed by atoms with Crippen LogP contribution >= 0.6 is 15.9 Å². The number of rotatable bonds is 4. The van der Waals surface area contributed by atoms with E-state index in [2.05, 4.69) is 15.9 Å². The van der Waals surface area contributed by atoms with Crippen molar-refractivity contribution >= 4 is 21.6 Å². The van der Waals surface area contributed by atoms with E-state index in [-0.39, 0.29) is 11.7 Å². The minimum atomic E-state index is -0.477. The van der Waals surface area contributed by atoms with Gasteiger partial charge in [0.1, 0.15) is 17.3 Å². The lowest BCUT2D eigenvalue weighted by atomic mass is 10.1. The van der Waals surface area contributed by atoms with E-state index in [9.17, 15) is 8.78 Å². The third-order valence-corrected chi connectivity index (χ3v) is 4.15. The number of benzene rings is 1.